The predicted octanol–water partition coefficient (Wildman–Crippen LogP) is 0.920. The molecule has 7 heteroatoms. The minimum atomic E-state index is -0.269. The third-order valence-corrected chi connectivity index (χ3v) is 2.83. The molecule has 0 atom stereocenters. The number of carbonyl (C=O) groups excluding carboxylic acids is 1. The first kappa shape index (κ1) is 12.1. The summed E-state index contributed by atoms with van der Waals surface area (Å²) in [5, 5.41) is 16.7. The lowest BCUT2D eigenvalue weighted by Crippen LogP contribution is -2.24. The summed E-state index contributed by atoms with van der Waals surface area (Å²) in [6.45, 7) is 0.391. The number of amides is 1. The number of aromatic amines is 1. The van der Waals surface area contributed by atoms with E-state index in [9.17, 15) is 4.79 Å². The third-order valence-electron chi connectivity index (χ3n) is 2.83. The molecule has 0 saturated carbocycles. The number of rotatable bonds is 4. The van der Waals surface area contributed by atoms with Crippen LogP contribution in [0.15, 0.2) is 48.9 Å². The number of hydrogen-bond acceptors (Lipinski definition) is 4. The number of nitrogens with zero attached hydrogens (tertiary/aromatic N) is 4. The van der Waals surface area contributed by atoms with Crippen molar-refractivity contribution >= 4 is 5.91 Å². The van der Waals surface area contributed by atoms with Crippen LogP contribution in [0.3, 0.4) is 0 Å². The molecular weight excluding hydrogens is 256 g/mol. The molecule has 2 aromatic heterocycles. The van der Waals surface area contributed by atoms with E-state index in [1.807, 2.05) is 36.5 Å². The van der Waals surface area contributed by atoms with Gasteiger partial charge in [0.05, 0.1) is 11.9 Å². The zero-order valence-corrected chi connectivity index (χ0v) is 10.5. The van der Waals surface area contributed by atoms with Crippen LogP contribution in [0.4, 0.5) is 0 Å². The lowest BCUT2D eigenvalue weighted by atomic mass is 10.1. The standard InChI is InChI=1S/C13H12N6O/c20-13(11-9-15-18-17-11)14-8-10-4-1-2-5-12(10)19-7-3-6-16-19/h1-7,9H,8H2,(H,14,20)(H,15,17,18). The number of carbonyl (C=O) groups is 1. The topological polar surface area (TPSA) is 88.5 Å². The second kappa shape index (κ2) is 5.35. The quantitative estimate of drug-likeness (QED) is 0.736. The number of para-hydroxylation sites is 1. The van der Waals surface area contributed by atoms with Gasteiger partial charge < -0.3 is 5.32 Å². The van der Waals surface area contributed by atoms with Crippen LogP contribution < -0.4 is 5.32 Å². The maximum Gasteiger partial charge on any atom is 0.273 e. The van der Waals surface area contributed by atoms with Gasteiger partial charge in [-0.3, -0.25) is 4.79 Å². The molecule has 0 aliphatic rings. The van der Waals surface area contributed by atoms with E-state index >= 15 is 0 Å². The molecule has 1 amide bonds. The SMILES string of the molecule is O=C(NCc1ccccc1-n1cccn1)c1cn[nH]n1. The largest absolute Gasteiger partial charge is 0.346 e. The summed E-state index contributed by atoms with van der Waals surface area (Å²) in [4.78, 5) is 11.8. The minimum absolute atomic E-state index is 0.265. The van der Waals surface area contributed by atoms with Crippen molar-refractivity contribution in [3.05, 3.63) is 60.2 Å². The molecule has 3 aromatic rings. The number of nitrogens with one attached hydrogen (secondary N) is 2. The second-order valence-electron chi connectivity index (χ2n) is 4.12. The first-order chi connectivity index (χ1) is 9.84. The van der Waals surface area contributed by atoms with Gasteiger partial charge in [0.15, 0.2) is 5.69 Å². The Morgan fingerprint density at radius 3 is 2.95 bits per heavy atom. The lowest BCUT2D eigenvalue weighted by molar-refractivity contribution is 0.0946. The fourth-order valence-electron chi connectivity index (χ4n) is 1.87. The van der Waals surface area contributed by atoms with Crippen molar-refractivity contribution in [1.82, 2.24) is 30.5 Å². The van der Waals surface area contributed by atoms with Crippen LogP contribution in [-0.4, -0.2) is 31.1 Å². The van der Waals surface area contributed by atoms with E-state index < -0.39 is 0 Å². The van der Waals surface area contributed by atoms with Gasteiger partial charge in [0.25, 0.3) is 5.91 Å². The van der Waals surface area contributed by atoms with Gasteiger partial charge in [0.2, 0.25) is 0 Å². The van der Waals surface area contributed by atoms with Crippen molar-refractivity contribution in [2.45, 2.75) is 6.54 Å². The number of aromatic nitrogens is 5. The number of hydrogen-bond donors (Lipinski definition) is 2. The van der Waals surface area contributed by atoms with E-state index in [0.29, 0.717) is 6.54 Å². The van der Waals surface area contributed by atoms with E-state index in [0.717, 1.165) is 11.3 Å². The third kappa shape index (κ3) is 2.41. The average Bonchev–Trinajstić information content (AvgIpc) is 3.17. The molecule has 2 heterocycles. The molecule has 0 bridgehead atoms. The van der Waals surface area contributed by atoms with Gasteiger partial charge in [-0.05, 0) is 17.7 Å². The van der Waals surface area contributed by atoms with Crippen molar-refractivity contribution in [2.24, 2.45) is 0 Å². The van der Waals surface area contributed by atoms with E-state index in [2.05, 4.69) is 25.8 Å². The molecule has 20 heavy (non-hydrogen) atoms. The Morgan fingerprint density at radius 1 is 1.30 bits per heavy atom. The molecule has 0 aliphatic carbocycles. The molecule has 3 rings (SSSR count). The normalized spacial score (nSPS) is 10.4. The summed E-state index contributed by atoms with van der Waals surface area (Å²) in [7, 11) is 0. The molecule has 0 spiro atoms. The Hall–Kier alpha value is -2.96. The number of benzene rings is 1. The van der Waals surface area contributed by atoms with Crippen LogP contribution in [-0.2, 0) is 6.54 Å². The van der Waals surface area contributed by atoms with Crippen molar-refractivity contribution < 1.29 is 4.79 Å². The Kier molecular flexibility index (Phi) is 3.24. The van der Waals surface area contributed by atoms with Crippen LogP contribution in [0.1, 0.15) is 16.1 Å². The van der Waals surface area contributed by atoms with Crippen molar-refractivity contribution in [2.75, 3.05) is 0 Å². The average molecular weight is 268 g/mol. The predicted molar refractivity (Wildman–Crippen MR) is 71.1 cm³/mol. The fourth-order valence-corrected chi connectivity index (χ4v) is 1.87. The Labute approximate surface area is 114 Å². The molecule has 1 aromatic carbocycles. The van der Waals surface area contributed by atoms with Gasteiger partial charge in [-0.25, -0.2) is 4.68 Å². The summed E-state index contributed by atoms with van der Waals surface area (Å²) < 4.78 is 1.76. The molecule has 2 N–H and O–H groups in total. The maximum atomic E-state index is 11.8. The van der Waals surface area contributed by atoms with Crippen LogP contribution in [0.25, 0.3) is 5.69 Å². The fraction of sp³-hybridized carbons (Fsp3) is 0.0769. The first-order valence-corrected chi connectivity index (χ1v) is 6.06. The molecule has 0 saturated heterocycles. The lowest BCUT2D eigenvalue weighted by Gasteiger charge is -2.09. The first-order valence-electron chi connectivity index (χ1n) is 6.06. The van der Waals surface area contributed by atoms with Crippen molar-refractivity contribution in [3.63, 3.8) is 0 Å². The molecular formula is C13H12N6O. The zero-order valence-electron chi connectivity index (χ0n) is 10.5. The smallest absolute Gasteiger partial charge is 0.273 e. The maximum absolute atomic E-state index is 11.8. The van der Waals surface area contributed by atoms with Crippen LogP contribution in [0, 0.1) is 0 Å². The van der Waals surface area contributed by atoms with E-state index in [4.69, 9.17) is 0 Å². The Morgan fingerprint density at radius 2 is 2.20 bits per heavy atom. The summed E-state index contributed by atoms with van der Waals surface area (Å²) in [5.41, 5.74) is 2.16. The summed E-state index contributed by atoms with van der Waals surface area (Å²) >= 11 is 0. The van der Waals surface area contributed by atoms with Gasteiger partial charge in [0, 0.05) is 18.9 Å². The molecule has 0 radical (unpaired) electrons. The minimum Gasteiger partial charge on any atom is -0.346 e. The van der Waals surface area contributed by atoms with Gasteiger partial charge >= 0.3 is 0 Å². The number of H-pyrrole nitrogens is 1. The highest BCUT2D eigenvalue weighted by molar-refractivity contribution is 5.91. The van der Waals surface area contributed by atoms with Crippen LogP contribution in [0.2, 0.25) is 0 Å². The summed E-state index contributed by atoms with van der Waals surface area (Å²) in [6.07, 6.45) is 4.96. The zero-order chi connectivity index (χ0) is 13.8. The van der Waals surface area contributed by atoms with Crippen LogP contribution in [0.5, 0.6) is 0 Å². The molecule has 0 unspecified atom stereocenters. The van der Waals surface area contributed by atoms with E-state index in [1.54, 1.807) is 10.9 Å². The van der Waals surface area contributed by atoms with E-state index in [1.165, 1.54) is 6.20 Å². The molecule has 100 valence electrons. The highest BCUT2D eigenvalue weighted by Gasteiger charge is 2.10. The second-order valence-corrected chi connectivity index (χ2v) is 4.12. The van der Waals surface area contributed by atoms with Gasteiger partial charge in [0.1, 0.15) is 0 Å². The van der Waals surface area contributed by atoms with Gasteiger partial charge in [-0.15, -0.1) is 0 Å². The molecule has 7 nitrogen and oxygen atoms in total. The van der Waals surface area contributed by atoms with Crippen LogP contribution >= 0.6 is 0 Å². The highest BCUT2D eigenvalue weighted by atomic mass is 16.1. The molecule has 0 fully saturated rings. The van der Waals surface area contributed by atoms with Gasteiger partial charge in [-0.2, -0.15) is 20.5 Å². The summed E-state index contributed by atoms with van der Waals surface area (Å²) in [6, 6.07) is 9.60. The summed E-state index contributed by atoms with van der Waals surface area (Å²) in [5.74, 6) is -0.269. The Bertz CT molecular complexity index is 689. The molecule has 0 aliphatic heterocycles. The van der Waals surface area contributed by atoms with Gasteiger partial charge in [-0.1, -0.05) is 18.2 Å². The van der Waals surface area contributed by atoms with Crippen molar-refractivity contribution in [1.29, 1.82) is 0 Å². The van der Waals surface area contributed by atoms with Crippen molar-refractivity contribution in [3.8, 4) is 5.69 Å². The Balaban J connectivity index is 1.77. The van der Waals surface area contributed by atoms with E-state index in [-0.39, 0.29) is 11.6 Å². The monoisotopic (exact) mass is 268 g/mol. The highest BCUT2D eigenvalue weighted by Crippen LogP contribution is 2.13.